The Balaban J connectivity index is 1.25. The quantitative estimate of drug-likeness (QED) is 0.0682. The zero-order chi connectivity index (χ0) is 25.5. The Kier molecular flexibility index (Phi) is 9.36. The summed E-state index contributed by atoms with van der Waals surface area (Å²) in [6.45, 7) is 1.87. The third kappa shape index (κ3) is 7.52. The van der Waals surface area contributed by atoms with E-state index in [9.17, 15) is 4.79 Å². The van der Waals surface area contributed by atoms with Crippen LogP contribution in [0.5, 0.6) is 0 Å². The average molecular weight is 669 g/mol. The van der Waals surface area contributed by atoms with Gasteiger partial charge < -0.3 is 5.84 Å². The van der Waals surface area contributed by atoms with Gasteiger partial charge in [-0.05, 0) is 42.3 Å². The molecule has 0 bridgehead atoms. The van der Waals surface area contributed by atoms with Crippen LogP contribution >= 0.6 is 66.7 Å². The van der Waals surface area contributed by atoms with Crippen molar-refractivity contribution in [1.82, 2.24) is 25.1 Å². The van der Waals surface area contributed by atoms with Crippen molar-refractivity contribution >= 4 is 89.4 Å². The molecule has 0 saturated heterocycles. The van der Waals surface area contributed by atoms with Crippen LogP contribution in [0.2, 0.25) is 0 Å². The van der Waals surface area contributed by atoms with Gasteiger partial charge in [-0.25, -0.2) is 10.1 Å². The number of carbonyl (C=O) groups excluding carboxylic acids is 1. The number of benzene rings is 2. The fraction of sp³-hybridized carbons (Fsp3) is 0.143. The molecule has 0 spiro atoms. The predicted molar refractivity (Wildman–Crippen MR) is 153 cm³/mol. The first-order valence-electron chi connectivity index (χ1n) is 10.3. The number of hydrogen-bond acceptors (Lipinski definition) is 11. The Morgan fingerprint density at radius 2 is 1.89 bits per heavy atom. The molecular weight excluding hydrogens is 650 g/mol. The monoisotopic (exact) mass is 667 g/mol. The molecule has 1 amide bonds. The Labute approximate surface area is 236 Å². The molecule has 4 rings (SSSR count). The molecule has 0 unspecified atom stereocenters. The molecule has 0 saturated carbocycles. The molecule has 10 nitrogen and oxygen atoms in total. The number of nitrogen functional groups attached to an aromatic ring is 1. The molecule has 0 aliphatic heterocycles. The van der Waals surface area contributed by atoms with Gasteiger partial charge in [0.2, 0.25) is 16.2 Å². The van der Waals surface area contributed by atoms with Gasteiger partial charge in [-0.1, -0.05) is 91.0 Å². The fourth-order valence-electron chi connectivity index (χ4n) is 2.72. The second-order valence-electron chi connectivity index (χ2n) is 7.12. The molecule has 0 fully saturated rings. The first kappa shape index (κ1) is 26.6. The highest BCUT2D eigenvalue weighted by atomic mass is 79.9. The van der Waals surface area contributed by atoms with Crippen LogP contribution in [0.1, 0.15) is 18.1 Å². The van der Waals surface area contributed by atoms with E-state index in [1.165, 1.54) is 21.6 Å². The molecule has 0 aliphatic rings. The van der Waals surface area contributed by atoms with Gasteiger partial charge >= 0.3 is 0 Å². The topological polar surface area (TPSA) is 136 Å². The Morgan fingerprint density at radius 3 is 2.67 bits per heavy atom. The third-order valence-corrected chi connectivity index (χ3v) is 8.49. The SMILES string of the molecule is C/C(=N\Nc1nnc(SCC(=O)Nc2nnc(SCc3cccc(Br)c3)s2)n1N)c1ccc(Br)cc1. The minimum Gasteiger partial charge on any atom is -0.334 e. The minimum atomic E-state index is -0.249. The molecule has 15 heteroatoms. The summed E-state index contributed by atoms with van der Waals surface area (Å²) in [6, 6.07) is 15.8. The van der Waals surface area contributed by atoms with Crippen molar-refractivity contribution in [3.63, 3.8) is 0 Å². The molecular formula is C21H19Br2N9OS3. The zero-order valence-electron chi connectivity index (χ0n) is 18.7. The first-order chi connectivity index (χ1) is 17.4. The van der Waals surface area contributed by atoms with Crippen LogP contribution in [-0.4, -0.2) is 42.4 Å². The van der Waals surface area contributed by atoms with Gasteiger partial charge in [0.15, 0.2) is 4.34 Å². The van der Waals surface area contributed by atoms with E-state index in [4.69, 9.17) is 5.84 Å². The van der Waals surface area contributed by atoms with E-state index >= 15 is 0 Å². The van der Waals surface area contributed by atoms with E-state index < -0.39 is 0 Å². The van der Waals surface area contributed by atoms with Crippen LogP contribution in [0.15, 0.2) is 72.1 Å². The normalized spacial score (nSPS) is 11.5. The fourth-order valence-corrected chi connectivity index (χ4v) is 5.80. The van der Waals surface area contributed by atoms with Crippen molar-refractivity contribution in [3.05, 3.63) is 68.6 Å². The summed E-state index contributed by atoms with van der Waals surface area (Å²) < 4.78 is 4.04. The molecule has 2 heterocycles. The number of nitrogens with two attached hydrogens (primary N) is 1. The van der Waals surface area contributed by atoms with Crippen molar-refractivity contribution in [1.29, 1.82) is 0 Å². The molecule has 0 aliphatic carbocycles. The zero-order valence-corrected chi connectivity index (χ0v) is 24.3. The summed E-state index contributed by atoms with van der Waals surface area (Å²) in [4.78, 5) is 12.4. The lowest BCUT2D eigenvalue weighted by Gasteiger charge is -2.04. The number of anilines is 2. The molecule has 4 N–H and O–H groups in total. The Morgan fingerprint density at radius 1 is 1.08 bits per heavy atom. The lowest BCUT2D eigenvalue weighted by Crippen LogP contribution is -2.17. The summed E-state index contributed by atoms with van der Waals surface area (Å²) >= 11 is 10.9. The molecule has 2 aromatic heterocycles. The second-order valence-corrected chi connectivity index (χ2v) is 12.1. The lowest BCUT2D eigenvalue weighted by molar-refractivity contribution is -0.113. The highest BCUT2D eigenvalue weighted by molar-refractivity contribution is 9.10. The van der Waals surface area contributed by atoms with Gasteiger partial charge in [0.1, 0.15) is 0 Å². The molecule has 36 heavy (non-hydrogen) atoms. The summed E-state index contributed by atoms with van der Waals surface area (Å²) in [5, 5.41) is 24.1. The van der Waals surface area contributed by atoms with Crippen LogP contribution in [-0.2, 0) is 10.5 Å². The number of rotatable bonds is 10. The lowest BCUT2D eigenvalue weighted by atomic mass is 10.1. The number of nitrogens with zero attached hydrogens (tertiary/aromatic N) is 6. The van der Waals surface area contributed by atoms with Crippen molar-refractivity contribution in [3.8, 4) is 0 Å². The van der Waals surface area contributed by atoms with Gasteiger partial charge in [-0.2, -0.15) is 5.10 Å². The van der Waals surface area contributed by atoms with Crippen molar-refractivity contribution in [2.24, 2.45) is 5.10 Å². The third-order valence-electron chi connectivity index (χ3n) is 4.49. The number of aromatic nitrogens is 5. The first-order valence-corrected chi connectivity index (χ1v) is 14.6. The maximum Gasteiger partial charge on any atom is 0.264 e. The number of nitrogens with one attached hydrogen (secondary N) is 2. The molecule has 0 radical (unpaired) electrons. The molecule has 2 aromatic carbocycles. The Bertz CT molecular complexity index is 1380. The van der Waals surface area contributed by atoms with Gasteiger partial charge in [0.25, 0.3) is 5.95 Å². The van der Waals surface area contributed by atoms with Crippen LogP contribution in [0.4, 0.5) is 11.1 Å². The molecule has 186 valence electrons. The van der Waals surface area contributed by atoms with Crippen LogP contribution in [0, 0.1) is 0 Å². The number of hydrazone groups is 1. The average Bonchev–Trinajstić information content (AvgIpc) is 3.46. The highest BCUT2D eigenvalue weighted by Gasteiger charge is 2.14. The van der Waals surface area contributed by atoms with Crippen LogP contribution in [0.3, 0.4) is 0 Å². The Hall–Kier alpha value is -2.46. The summed E-state index contributed by atoms with van der Waals surface area (Å²) in [5.74, 6) is 6.90. The van der Waals surface area contributed by atoms with Gasteiger partial charge in [0.05, 0.1) is 11.5 Å². The smallest absolute Gasteiger partial charge is 0.264 e. The van der Waals surface area contributed by atoms with E-state index in [1.54, 1.807) is 11.8 Å². The number of amides is 1. The summed E-state index contributed by atoms with van der Waals surface area (Å²) in [6.07, 6.45) is 0. The van der Waals surface area contributed by atoms with Gasteiger partial charge in [0, 0.05) is 14.7 Å². The van der Waals surface area contributed by atoms with Crippen LogP contribution < -0.4 is 16.6 Å². The van der Waals surface area contributed by atoms with E-state index in [1.807, 2.05) is 49.4 Å². The maximum absolute atomic E-state index is 12.4. The van der Waals surface area contributed by atoms with Gasteiger partial charge in [-0.3, -0.25) is 10.1 Å². The van der Waals surface area contributed by atoms with Crippen LogP contribution in [0.25, 0.3) is 0 Å². The number of halogens is 2. The number of carbonyl (C=O) groups is 1. The van der Waals surface area contributed by atoms with Crippen molar-refractivity contribution in [2.75, 3.05) is 22.3 Å². The van der Waals surface area contributed by atoms with Gasteiger partial charge in [-0.15, -0.1) is 20.4 Å². The largest absolute Gasteiger partial charge is 0.334 e. The van der Waals surface area contributed by atoms with Crippen molar-refractivity contribution in [2.45, 2.75) is 22.2 Å². The minimum absolute atomic E-state index is 0.0800. The molecule has 0 atom stereocenters. The number of thioether (sulfide) groups is 2. The summed E-state index contributed by atoms with van der Waals surface area (Å²) in [7, 11) is 0. The second kappa shape index (κ2) is 12.7. The highest BCUT2D eigenvalue weighted by Crippen LogP contribution is 2.29. The van der Waals surface area contributed by atoms with E-state index in [0.717, 1.165) is 42.1 Å². The summed E-state index contributed by atoms with van der Waals surface area (Å²) in [5.41, 5.74) is 5.68. The van der Waals surface area contributed by atoms with E-state index in [0.29, 0.717) is 10.3 Å². The standard InChI is InChI=1S/C21H19Br2N9OS3/c1-12(14-5-7-15(22)8-6-14)26-27-18-28-30-20(32(18)24)34-11-17(33)25-19-29-31-21(36-19)35-10-13-3-2-4-16(23)9-13/h2-9H,10-11,24H2,1H3,(H,27,28)(H,25,29,33)/b26-12+. The molecule has 4 aromatic rings. The predicted octanol–water partition coefficient (Wildman–Crippen LogP) is 5.23. The number of hydrogen-bond donors (Lipinski definition) is 3. The van der Waals surface area contributed by atoms with E-state index in [2.05, 4.69) is 74.2 Å². The maximum atomic E-state index is 12.4. The van der Waals surface area contributed by atoms with Crippen molar-refractivity contribution < 1.29 is 4.79 Å². The van der Waals surface area contributed by atoms with E-state index in [-0.39, 0.29) is 17.6 Å².